The molecule has 2 unspecified atom stereocenters. The summed E-state index contributed by atoms with van der Waals surface area (Å²) >= 11 is 0. The first kappa shape index (κ1) is 14.4. The average Bonchev–Trinajstić information content (AvgIpc) is 3.06. The molecular weight excluding hydrogens is 258 g/mol. The van der Waals surface area contributed by atoms with Crippen molar-refractivity contribution in [1.29, 1.82) is 0 Å². The van der Waals surface area contributed by atoms with Crippen LogP contribution in [0.4, 0.5) is 10.5 Å². The summed E-state index contributed by atoms with van der Waals surface area (Å²) in [6, 6.07) is 7.25. The van der Waals surface area contributed by atoms with Crippen molar-refractivity contribution in [2.45, 2.75) is 38.7 Å². The zero-order valence-electron chi connectivity index (χ0n) is 11.8. The molecule has 1 aromatic rings. The second-order valence-corrected chi connectivity index (χ2v) is 6.04. The van der Waals surface area contributed by atoms with Gasteiger partial charge in [-0.2, -0.15) is 0 Å². The van der Waals surface area contributed by atoms with Crippen molar-refractivity contribution in [2.24, 2.45) is 5.92 Å². The van der Waals surface area contributed by atoms with Gasteiger partial charge in [0.2, 0.25) is 0 Å². The molecule has 0 heterocycles. The van der Waals surface area contributed by atoms with Crippen LogP contribution in [-0.4, -0.2) is 22.8 Å². The van der Waals surface area contributed by atoms with E-state index in [0.717, 1.165) is 5.56 Å². The van der Waals surface area contributed by atoms with Gasteiger partial charge in [0.25, 0.3) is 0 Å². The van der Waals surface area contributed by atoms with Crippen molar-refractivity contribution in [3.63, 3.8) is 0 Å². The van der Waals surface area contributed by atoms with E-state index in [-0.39, 0.29) is 11.8 Å². The van der Waals surface area contributed by atoms with Crippen LogP contribution in [0, 0.1) is 5.92 Å². The number of rotatable bonds is 3. The Morgan fingerprint density at radius 2 is 2.05 bits per heavy atom. The number of carboxylic acid groups (broad SMARTS) is 1. The van der Waals surface area contributed by atoms with Crippen molar-refractivity contribution in [3.05, 3.63) is 29.8 Å². The number of aliphatic carboxylic acids is 1. The lowest BCUT2D eigenvalue weighted by Gasteiger charge is -2.19. The number of benzene rings is 1. The highest BCUT2D eigenvalue weighted by molar-refractivity contribution is 5.85. The van der Waals surface area contributed by atoms with Crippen LogP contribution in [0.1, 0.15) is 38.7 Å². The van der Waals surface area contributed by atoms with Gasteiger partial charge in [-0.1, -0.05) is 12.1 Å². The topological polar surface area (TPSA) is 75.6 Å². The van der Waals surface area contributed by atoms with Gasteiger partial charge in [-0.3, -0.25) is 10.1 Å². The number of ether oxygens (including phenoxy) is 1. The minimum absolute atomic E-state index is 0.0490. The first-order chi connectivity index (χ1) is 9.26. The fourth-order valence-corrected chi connectivity index (χ4v) is 2.10. The third-order valence-corrected chi connectivity index (χ3v) is 3.07. The summed E-state index contributed by atoms with van der Waals surface area (Å²) in [6.45, 7) is 5.39. The third-order valence-electron chi connectivity index (χ3n) is 3.07. The number of carbonyl (C=O) groups is 2. The van der Waals surface area contributed by atoms with Gasteiger partial charge in [-0.15, -0.1) is 0 Å². The summed E-state index contributed by atoms with van der Waals surface area (Å²) in [7, 11) is 0. The van der Waals surface area contributed by atoms with Crippen molar-refractivity contribution < 1.29 is 19.4 Å². The summed E-state index contributed by atoms with van der Waals surface area (Å²) in [5.74, 6) is -1.01. The van der Waals surface area contributed by atoms with Crippen LogP contribution in [0.5, 0.6) is 0 Å². The molecule has 0 saturated heterocycles. The lowest BCUT2D eigenvalue weighted by atomic mass is 10.1. The molecule has 0 aliphatic heterocycles. The Hall–Kier alpha value is -2.04. The predicted octanol–water partition coefficient (Wildman–Crippen LogP) is 3.22. The zero-order valence-corrected chi connectivity index (χ0v) is 11.8. The van der Waals surface area contributed by atoms with Crippen LogP contribution in [0.25, 0.3) is 0 Å². The predicted molar refractivity (Wildman–Crippen MR) is 74.8 cm³/mol. The van der Waals surface area contributed by atoms with Crippen LogP contribution in [0.3, 0.4) is 0 Å². The van der Waals surface area contributed by atoms with E-state index in [2.05, 4.69) is 5.32 Å². The highest BCUT2D eigenvalue weighted by Gasteiger charge is 2.44. The molecule has 108 valence electrons. The van der Waals surface area contributed by atoms with Gasteiger partial charge in [-0.25, -0.2) is 4.79 Å². The molecule has 5 heteroatoms. The minimum Gasteiger partial charge on any atom is -0.481 e. The Labute approximate surface area is 117 Å². The first-order valence-electron chi connectivity index (χ1n) is 6.59. The van der Waals surface area contributed by atoms with Crippen molar-refractivity contribution in [2.75, 3.05) is 5.32 Å². The standard InChI is InChI=1S/C15H19NO4/c1-15(2,3)20-14(19)16-10-6-4-5-9(7-10)11-8-12(11)13(17)18/h4-7,11-12H,8H2,1-3H3,(H,16,19)(H,17,18). The maximum atomic E-state index is 11.7. The Morgan fingerprint density at radius 3 is 2.60 bits per heavy atom. The maximum Gasteiger partial charge on any atom is 0.412 e. The quantitative estimate of drug-likeness (QED) is 0.889. The SMILES string of the molecule is CC(C)(C)OC(=O)Nc1cccc(C2CC2C(=O)O)c1. The lowest BCUT2D eigenvalue weighted by Crippen LogP contribution is -2.27. The van der Waals surface area contributed by atoms with Gasteiger partial charge in [-0.05, 0) is 50.8 Å². The fraction of sp³-hybridized carbons (Fsp3) is 0.467. The summed E-state index contributed by atoms with van der Waals surface area (Å²) in [5, 5.41) is 11.6. The highest BCUT2D eigenvalue weighted by atomic mass is 16.6. The largest absolute Gasteiger partial charge is 0.481 e. The zero-order chi connectivity index (χ0) is 14.9. The molecule has 20 heavy (non-hydrogen) atoms. The molecular formula is C15H19NO4. The van der Waals surface area contributed by atoms with Gasteiger partial charge in [0.1, 0.15) is 5.60 Å². The van der Waals surface area contributed by atoms with E-state index in [1.807, 2.05) is 6.07 Å². The molecule has 0 bridgehead atoms. The summed E-state index contributed by atoms with van der Waals surface area (Å²) in [4.78, 5) is 22.5. The van der Waals surface area contributed by atoms with Crippen LogP contribution in [-0.2, 0) is 9.53 Å². The monoisotopic (exact) mass is 277 g/mol. The van der Waals surface area contributed by atoms with Gasteiger partial charge < -0.3 is 9.84 Å². The molecule has 2 rings (SSSR count). The fourth-order valence-electron chi connectivity index (χ4n) is 2.10. The van der Waals surface area contributed by atoms with Gasteiger partial charge >= 0.3 is 12.1 Å². The summed E-state index contributed by atoms with van der Waals surface area (Å²) in [5.41, 5.74) is 1.01. The van der Waals surface area contributed by atoms with Gasteiger partial charge in [0.15, 0.2) is 0 Å². The Balaban J connectivity index is 2.00. The van der Waals surface area contributed by atoms with E-state index in [1.54, 1.807) is 39.0 Å². The number of carbonyl (C=O) groups excluding carboxylic acids is 1. The second kappa shape index (κ2) is 5.15. The number of hydrogen-bond donors (Lipinski definition) is 2. The number of amides is 1. The normalized spacial score (nSPS) is 21.1. The summed E-state index contributed by atoms with van der Waals surface area (Å²) < 4.78 is 5.17. The number of hydrogen-bond acceptors (Lipinski definition) is 3. The Morgan fingerprint density at radius 1 is 1.35 bits per heavy atom. The van der Waals surface area contributed by atoms with Crippen molar-refractivity contribution in [1.82, 2.24) is 0 Å². The smallest absolute Gasteiger partial charge is 0.412 e. The number of anilines is 1. The van der Waals surface area contributed by atoms with Crippen LogP contribution >= 0.6 is 0 Å². The summed E-state index contributed by atoms with van der Waals surface area (Å²) in [6.07, 6.45) is 0.144. The van der Waals surface area contributed by atoms with Crippen LogP contribution in [0.15, 0.2) is 24.3 Å². The van der Waals surface area contributed by atoms with Crippen molar-refractivity contribution >= 4 is 17.7 Å². The molecule has 1 amide bonds. The van der Waals surface area contributed by atoms with Crippen LogP contribution in [0.2, 0.25) is 0 Å². The molecule has 2 N–H and O–H groups in total. The van der Waals surface area contributed by atoms with Crippen LogP contribution < -0.4 is 5.32 Å². The highest BCUT2D eigenvalue weighted by Crippen LogP contribution is 2.47. The molecule has 0 spiro atoms. The molecule has 0 radical (unpaired) electrons. The van der Waals surface area contributed by atoms with Gasteiger partial charge in [0, 0.05) is 5.69 Å². The number of carboxylic acids is 1. The van der Waals surface area contributed by atoms with E-state index < -0.39 is 17.7 Å². The molecule has 1 saturated carbocycles. The van der Waals surface area contributed by atoms with E-state index in [1.165, 1.54) is 0 Å². The number of nitrogens with one attached hydrogen (secondary N) is 1. The first-order valence-corrected chi connectivity index (χ1v) is 6.59. The molecule has 1 fully saturated rings. The Kier molecular flexibility index (Phi) is 3.70. The minimum atomic E-state index is -0.763. The molecule has 1 aliphatic carbocycles. The molecule has 1 aliphatic rings. The molecule has 2 atom stereocenters. The van der Waals surface area contributed by atoms with E-state index in [9.17, 15) is 9.59 Å². The van der Waals surface area contributed by atoms with E-state index in [0.29, 0.717) is 12.1 Å². The second-order valence-electron chi connectivity index (χ2n) is 6.04. The van der Waals surface area contributed by atoms with E-state index in [4.69, 9.17) is 9.84 Å². The average molecular weight is 277 g/mol. The van der Waals surface area contributed by atoms with E-state index >= 15 is 0 Å². The Bertz CT molecular complexity index is 533. The lowest BCUT2D eigenvalue weighted by molar-refractivity contribution is -0.138. The molecule has 0 aromatic heterocycles. The third kappa shape index (κ3) is 3.73. The molecule has 1 aromatic carbocycles. The molecule has 5 nitrogen and oxygen atoms in total. The van der Waals surface area contributed by atoms with Crippen molar-refractivity contribution in [3.8, 4) is 0 Å². The maximum absolute atomic E-state index is 11.7. The van der Waals surface area contributed by atoms with Gasteiger partial charge in [0.05, 0.1) is 5.92 Å².